The minimum atomic E-state index is -0.620. The summed E-state index contributed by atoms with van der Waals surface area (Å²) in [4.78, 5) is 23.3. The number of furan rings is 1. The quantitative estimate of drug-likeness (QED) is 0.275. The second-order valence-electron chi connectivity index (χ2n) is 6.34. The van der Waals surface area contributed by atoms with E-state index in [4.69, 9.17) is 9.15 Å². The Hall–Kier alpha value is -4.38. The normalized spacial score (nSPS) is 10.9. The molecule has 1 amide bonds. The van der Waals surface area contributed by atoms with Gasteiger partial charge in [-0.1, -0.05) is 12.1 Å². The SMILES string of the molecule is COc1cccc(NC(=O)C(C#N)=Cc2ccc(-c3ccc(C)cc3[N+](=O)[O-])o2)c1. The van der Waals surface area contributed by atoms with E-state index in [-0.39, 0.29) is 22.8 Å². The molecule has 0 saturated carbocycles. The molecule has 0 bridgehead atoms. The van der Waals surface area contributed by atoms with Crippen LogP contribution in [0.4, 0.5) is 11.4 Å². The Morgan fingerprint density at radius 2 is 2.03 bits per heavy atom. The largest absolute Gasteiger partial charge is 0.497 e. The first kappa shape index (κ1) is 20.4. The molecular formula is C22H17N3O5. The molecule has 150 valence electrons. The molecule has 30 heavy (non-hydrogen) atoms. The fraction of sp³-hybridized carbons (Fsp3) is 0.0909. The number of nitro benzene ring substituents is 1. The summed E-state index contributed by atoms with van der Waals surface area (Å²) < 4.78 is 10.7. The van der Waals surface area contributed by atoms with E-state index in [1.807, 2.05) is 6.07 Å². The predicted molar refractivity (Wildman–Crippen MR) is 111 cm³/mol. The van der Waals surface area contributed by atoms with Crippen molar-refractivity contribution in [2.45, 2.75) is 6.92 Å². The van der Waals surface area contributed by atoms with Gasteiger partial charge in [-0.3, -0.25) is 14.9 Å². The Labute approximate surface area is 172 Å². The van der Waals surface area contributed by atoms with Crippen molar-refractivity contribution < 1.29 is 18.9 Å². The molecule has 0 aliphatic heterocycles. The van der Waals surface area contributed by atoms with E-state index in [2.05, 4.69) is 5.32 Å². The first-order chi connectivity index (χ1) is 14.4. The molecule has 0 aliphatic carbocycles. The van der Waals surface area contributed by atoms with Gasteiger partial charge >= 0.3 is 0 Å². The van der Waals surface area contributed by atoms with E-state index in [9.17, 15) is 20.2 Å². The highest BCUT2D eigenvalue weighted by atomic mass is 16.6. The van der Waals surface area contributed by atoms with Crippen LogP contribution < -0.4 is 10.1 Å². The van der Waals surface area contributed by atoms with E-state index >= 15 is 0 Å². The molecule has 2 aromatic carbocycles. The lowest BCUT2D eigenvalue weighted by Gasteiger charge is -2.06. The van der Waals surface area contributed by atoms with Crippen molar-refractivity contribution in [1.82, 2.24) is 0 Å². The number of rotatable bonds is 6. The van der Waals surface area contributed by atoms with E-state index in [0.29, 0.717) is 17.0 Å². The summed E-state index contributed by atoms with van der Waals surface area (Å²) >= 11 is 0. The second-order valence-corrected chi connectivity index (χ2v) is 6.34. The van der Waals surface area contributed by atoms with Gasteiger partial charge in [0.15, 0.2) is 0 Å². The molecule has 0 radical (unpaired) electrons. The van der Waals surface area contributed by atoms with Gasteiger partial charge in [0, 0.05) is 23.9 Å². The van der Waals surface area contributed by atoms with Gasteiger partial charge in [0.2, 0.25) is 0 Å². The number of hydrogen-bond acceptors (Lipinski definition) is 6. The highest BCUT2D eigenvalue weighted by Gasteiger charge is 2.18. The number of nitrogens with zero attached hydrogens (tertiary/aromatic N) is 2. The molecule has 0 fully saturated rings. The van der Waals surface area contributed by atoms with Gasteiger partial charge in [-0.15, -0.1) is 0 Å². The molecular weight excluding hydrogens is 386 g/mol. The van der Waals surface area contributed by atoms with Crippen LogP contribution in [0.15, 0.2) is 64.6 Å². The van der Waals surface area contributed by atoms with Crippen LogP contribution in [0.5, 0.6) is 5.75 Å². The molecule has 1 N–H and O–H groups in total. The van der Waals surface area contributed by atoms with Crippen molar-refractivity contribution in [3.8, 4) is 23.1 Å². The smallest absolute Gasteiger partial charge is 0.280 e. The summed E-state index contributed by atoms with van der Waals surface area (Å²) in [7, 11) is 1.51. The number of anilines is 1. The zero-order valence-corrected chi connectivity index (χ0v) is 16.2. The standard InChI is InChI=1S/C22H17N3O5/c1-14-6-8-19(20(10-14)25(27)28)21-9-7-18(30-21)11-15(13-23)22(26)24-16-4-3-5-17(12-16)29-2/h3-12H,1-2H3,(H,24,26). The summed E-state index contributed by atoms with van der Waals surface area (Å²) in [6.45, 7) is 1.76. The van der Waals surface area contributed by atoms with Crippen LogP contribution in [0.2, 0.25) is 0 Å². The number of aryl methyl sites for hydroxylation is 1. The fourth-order valence-electron chi connectivity index (χ4n) is 2.77. The fourth-order valence-corrected chi connectivity index (χ4v) is 2.77. The van der Waals surface area contributed by atoms with Crippen molar-refractivity contribution in [2.75, 3.05) is 12.4 Å². The third-order valence-corrected chi connectivity index (χ3v) is 4.22. The molecule has 0 aliphatic rings. The Bertz CT molecular complexity index is 1190. The number of carbonyl (C=O) groups is 1. The minimum Gasteiger partial charge on any atom is -0.497 e. The van der Waals surface area contributed by atoms with Crippen LogP contribution in [0.1, 0.15) is 11.3 Å². The number of nitrogens with one attached hydrogen (secondary N) is 1. The van der Waals surface area contributed by atoms with Crippen molar-refractivity contribution in [2.24, 2.45) is 0 Å². The van der Waals surface area contributed by atoms with Gasteiger partial charge in [-0.05, 0) is 42.8 Å². The molecule has 8 heteroatoms. The van der Waals surface area contributed by atoms with Gasteiger partial charge < -0.3 is 14.5 Å². The monoisotopic (exact) mass is 403 g/mol. The number of ether oxygens (including phenoxy) is 1. The molecule has 0 spiro atoms. The minimum absolute atomic E-state index is 0.0869. The molecule has 0 saturated heterocycles. The topological polar surface area (TPSA) is 118 Å². The van der Waals surface area contributed by atoms with Gasteiger partial charge in [0.05, 0.1) is 17.6 Å². The molecule has 0 atom stereocenters. The van der Waals surface area contributed by atoms with Crippen molar-refractivity contribution in [1.29, 1.82) is 5.26 Å². The van der Waals surface area contributed by atoms with Gasteiger partial charge in [0.25, 0.3) is 11.6 Å². The average molecular weight is 403 g/mol. The van der Waals surface area contributed by atoms with E-state index in [1.54, 1.807) is 49.4 Å². The molecule has 8 nitrogen and oxygen atoms in total. The van der Waals surface area contributed by atoms with Crippen LogP contribution >= 0.6 is 0 Å². The van der Waals surface area contributed by atoms with Crippen molar-refractivity contribution in [3.05, 3.63) is 81.6 Å². The number of nitriles is 1. The molecule has 1 aromatic heterocycles. The average Bonchev–Trinajstić information content (AvgIpc) is 3.20. The lowest BCUT2D eigenvalue weighted by molar-refractivity contribution is -0.384. The van der Waals surface area contributed by atoms with Crippen LogP contribution in [-0.4, -0.2) is 17.9 Å². The Morgan fingerprint density at radius 3 is 2.73 bits per heavy atom. The lowest BCUT2D eigenvalue weighted by atomic mass is 10.1. The van der Waals surface area contributed by atoms with Gasteiger partial charge in [-0.2, -0.15) is 5.26 Å². The van der Waals surface area contributed by atoms with Crippen LogP contribution in [0.3, 0.4) is 0 Å². The molecule has 1 heterocycles. The molecule has 3 rings (SSSR count). The third kappa shape index (κ3) is 4.54. The first-order valence-electron chi connectivity index (χ1n) is 8.83. The maximum Gasteiger partial charge on any atom is 0.280 e. The summed E-state index contributed by atoms with van der Waals surface area (Å²) in [5, 5.41) is 23.3. The number of benzene rings is 2. The highest BCUT2D eigenvalue weighted by molar-refractivity contribution is 6.09. The summed E-state index contributed by atoms with van der Waals surface area (Å²) in [5.74, 6) is 0.423. The number of nitro groups is 1. The van der Waals surface area contributed by atoms with Gasteiger partial charge in [-0.25, -0.2) is 0 Å². The number of amides is 1. The Morgan fingerprint density at radius 1 is 1.23 bits per heavy atom. The van der Waals surface area contributed by atoms with Crippen molar-refractivity contribution in [3.63, 3.8) is 0 Å². The van der Waals surface area contributed by atoms with E-state index in [0.717, 1.165) is 5.56 Å². The predicted octanol–water partition coefficient (Wildman–Crippen LogP) is 4.72. The Kier molecular flexibility index (Phi) is 5.94. The number of hydrogen-bond donors (Lipinski definition) is 1. The van der Waals surface area contributed by atoms with E-state index in [1.165, 1.54) is 25.3 Å². The summed E-state index contributed by atoms with van der Waals surface area (Å²) in [5.41, 5.74) is 1.26. The summed E-state index contributed by atoms with van der Waals surface area (Å²) in [6, 6.07) is 16.4. The van der Waals surface area contributed by atoms with Crippen LogP contribution in [0, 0.1) is 28.4 Å². The van der Waals surface area contributed by atoms with Crippen LogP contribution in [0.25, 0.3) is 17.4 Å². The van der Waals surface area contributed by atoms with Crippen molar-refractivity contribution >= 4 is 23.4 Å². The lowest BCUT2D eigenvalue weighted by Crippen LogP contribution is -2.13. The Balaban J connectivity index is 1.86. The summed E-state index contributed by atoms with van der Waals surface area (Å²) in [6.07, 6.45) is 1.28. The zero-order chi connectivity index (χ0) is 21.7. The number of carbonyl (C=O) groups excluding carboxylic acids is 1. The zero-order valence-electron chi connectivity index (χ0n) is 16.2. The first-order valence-corrected chi connectivity index (χ1v) is 8.83. The second kappa shape index (κ2) is 8.75. The highest BCUT2D eigenvalue weighted by Crippen LogP contribution is 2.32. The maximum absolute atomic E-state index is 12.4. The molecule has 3 aromatic rings. The van der Waals surface area contributed by atoms with Gasteiger partial charge in [0.1, 0.15) is 28.9 Å². The molecule has 0 unspecified atom stereocenters. The number of methoxy groups -OCH3 is 1. The third-order valence-electron chi connectivity index (χ3n) is 4.22. The van der Waals surface area contributed by atoms with E-state index < -0.39 is 10.8 Å². The maximum atomic E-state index is 12.4. The van der Waals surface area contributed by atoms with Crippen LogP contribution in [-0.2, 0) is 4.79 Å².